The maximum absolute atomic E-state index is 13.5. The quantitative estimate of drug-likeness (QED) is 0.0561. The molecule has 5 aromatic carbocycles. The Labute approximate surface area is 676 Å². The van der Waals surface area contributed by atoms with E-state index in [0.29, 0.717) is 113 Å². The molecule has 0 aliphatic rings. The van der Waals surface area contributed by atoms with Crippen molar-refractivity contribution >= 4 is 67.0 Å². The average molecular weight is 1630 g/mol. The van der Waals surface area contributed by atoms with Crippen LogP contribution in [0.1, 0.15) is 170 Å². The lowest BCUT2D eigenvalue weighted by Crippen LogP contribution is -2.32. The highest BCUT2D eigenvalue weighted by molar-refractivity contribution is 9.10. The maximum Gasteiger partial charge on any atom is 0.423 e. The molecule has 26 nitrogen and oxygen atoms in total. The summed E-state index contributed by atoms with van der Waals surface area (Å²) in [5, 5.41) is 37.4. The Bertz CT molecular complexity index is 6180. The number of benzene rings is 5. The molecule has 116 heavy (non-hydrogen) atoms. The number of nitrogens with zero attached hydrogens (tertiary/aromatic N) is 10. The van der Waals surface area contributed by atoms with Gasteiger partial charge in [0, 0.05) is 56.6 Å². The van der Waals surface area contributed by atoms with Gasteiger partial charge in [-0.25, -0.2) is 19.2 Å². The number of H-pyrrole nitrogens is 3. The molecule has 0 amide bonds. The van der Waals surface area contributed by atoms with Crippen molar-refractivity contribution in [2.45, 2.75) is 152 Å². The Morgan fingerprint density at radius 1 is 0.500 bits per heavy atom. The zero-order chi connectivity index (χ0) is 83.3. The Kier molecular flexibility index (Phi) is 24.3. The van der Waals surface area contributed by atoms with Gasteiger partial charge in [-0.2, -0.15) is 14.1 Å². The molecule has 596 valence electrons. The number of fused-ring (bicyclic) bond motifs is 3. The summed E-state index contributed by atoms with van der Waals surface area (Å²) in [5.41, 5.74) is 8.55. The summed E-state index contributed by atoms with van der Waals surface area (Å²) in [7, 11) is 0. The molecule has 0 aliphatic carbocycles. The first-order valence-electron chi connectivity index (χ1n) is 37.8. The predicted octanol–water partition coefficient (Wildman–Crippen LogP) is 17.5. The summed E-state index contributed by atoms with van der Waals surface area (Å²) in [4.78, 5) is 96.6. The molecule has 5 N–H and O–H groups in total. The highest BCUT2D eigenvalue weighted by atomic mass is 79.9. The van der Waals surface area contributed by atoms with Crippen LogP contribution in [0.3, 0.4) is 0 Å². The van der Waals surface area contributed by atoms with E-state index >= 15 is 0 Å². The summed E-state index contributed by atoms with van der Waals surface area (Å²) >= 11 is 3.40. The van der Waals surface area contributed by atoms with Crippen LogP contribution < -0.4 is 16.1 Å². The molecule has 10 aromatic heterocycles. The molecule has 27 heteroatoms. The summed E-state index contributed by atoms with van der Waals surface area (Å²) in [6.45, 7) is 29.6. The fourth-order valence-electron chi connectivity index (χ4n) is 13.9. The Morgan fingerprint density at radius 2 is 1.01 bits per heavy atom. The third kappa shape index (κ3) is 17.2. The van der Waals surface area contributed by atoms with E-state index < -0.39 is 40.3 Å². The highest BCUT2D eigenvalue weighted by Gasteiger charge is 2.42. The number of aromatic amines is 3. The van der Waals surface area contributed by atoms with Crippen LogP contribution >= 0.6 is 15.9 Å². The van der Waals surface area contributed by atoms with E-state index in [-0.39, 0.29) is 46.4 Å². The minimum Gasteiger partial charge on any atom is -0.465 e. The molecule has 2 atom stereocenters. The van der Waals surface area contributed by atoms with Crippen LogP contribution in [0.4, 0.5) is 9.59 Å². The van der Waals surface area contributed by atoms with Crippen molar-refractivity contribution in [3.8, 4) is 39.4 Å². The Morgan fingerprint density at radius 3 is 1.52 bits per heavy atom. The van der Waals surface area contributed by atoms with Gasteiger partial charge in [0.05, 0.1) is 73.9 Å². The molecule has 0 saturated heterocycles. The van der Waals surface area contributed by atoms with Crippen LogP contribution in [-0.4, -0.2) is 110 Å². The van der Waals surface area contributed by atoms with Crippen molar-refractivity contribution < 1.29 is 52.4 Å². The SMILES string of the molecule is CCOc1nc2c(C(=O)c3ccccn3)cc(-c3c(C)noc3C)cc2n1C(=O)OC(C)(C)C.CCc1cccc(Br)c1.CCc1cccc(C(O)(c2ccccn2)c2cc(-c3c(C)noc3C)cc3[nH]c(=O)[nH]c23)n1.CCc1cccc(C(O)(c2ccccn2)c2cc(-c3c(C)noc3C)cc3c2[nH]c(=O)n3C(=O)OC(C)(C)C)c1. The van der Waals surface area contributed by atoms with Crippen molar-refractivity contribution in [3.63, 3.8) is 0 Å². The van der Waals surface area contributed by atoms with E-state index in [0.717, 1.165) is 45.4 Å². The number of ether oxygens (including phenoxy) is 3. The van der Waals surface area contributed by atoms with Crippen molar-refractivity contribution in [1.29, 1.82) is 0 Å². The fourth-order valence-corrected chi connectivity index (χ4v) is 14.3. The van der Waals surface area contributed by atoms with Crippen molar-refractivity contribution in [2.24, 2.45) is 0 Å². The van der Waals surface area contributed by atoms with Gasteiger partial charge in [-0.3, -0.25) is 24.7 Å². The van der Waals surface area contributed by atoms with E-state index in [2.05, 4.69) is 91.4 Å². The first-order valence-corrected chi connectivity index (χ1v) is 38.6. The predicted molar refractivity (Wildman–Crippen MR) is 444 cm³/mol. The third-order valence-corrected chi connectivity index (χ3v) is 19.6. The van der Waals surface area contributed by atoms with Gasteiger partial charge in [0.15, 0.2) is 11.2 Å². The molecule has 0 fully saturated rings. The number of aromatic nitrogens is 13. The normalized spacial score (nSPS) is 12.5. The number of nitrogens with one attached hydrogen (secondary N) is 3. The van der Waals surface area contributed by atoms with Gasteiger partial charge < -0.3 is 52.9 Å². The lowest BCUT2D eigenvalue weighted by Gasteiger charge is -2.30. The lowest BCUT2D eigenvalue weighted by molar-refractivity contribution is 0.0519. The molecular formula is C89H90BrN13O13. The van der Waals surface area contributed by atoms with Gasteiger partial charge >= 0.3 is 29.6 Å². The standard InChI is InChI=1S/C31H32N4O5.C25H23N5O3.C25H26N4O5.C8H9Br/c1-7-20-11-10-12-22(15-20)31(38,25-13-8-9-14-32-25)23-16-21(26-18(2)34-40-19(26)3)17-24-27(23)33-28(36)35(24)29(37)39-30(4,5)6;1-4-17-8-7-10-21(27-17)25(32,20-9-5-6-11-26-20)18-12-16(22-14(2)30-33-15(22)3)13-19-23(18)29-24(31)28-19;1-7-32-23-27-21-17(22(30)18-10-8-9-11-26-18)12-16(20-14(2)28-34-15(20)3)13-19(21)29(23)24(31)33-25(4,5)6;1-2-7-4-3-5-8(9)6-7/h8-17,38H,7H2,1-6H3,(H,33,36);5-13,32H,4H2,1-3H3,(H2,28,29,31);8-13H,7H2,1-6H3;3-6H,2H2,1H3. The fraction of sp³-hybridized carbons (Fsp3) is 0.270. The highest BCUT2D eigenvalue weighted by Crippen LogP contribution is 2.45. The van der Waals surface area contributed by atoms with Crippen LogP contribution in [0.5, 0.6) is 6.01 Å². The largest absolute Gasteiger partial charge is 0.465 e. The lowest BCUT2D eigenvalue weighted by atomic mass is 9.80. The van der Waals surface area contributed by atoms with Gasteiger partial charge in [-0.15, -0.1) is 0 Å². The number of aryl methyl sites for hydroxylation is 9. The molecule has 15 rings (SSSR count). The summed E-state index contributed by atoms with van der Waals surface area (Å²) in [5.74, 6) is 1.44. The summed E-state index contributed by atoms with van der Waals surface area (Å²) in [6.07, 6.45) is 5.86. The minimum atomic E-state index is -1.80. The van der Waals surface area contributed by atoms with Crippen LogP contribution in [-0.2, 0) is 39.9 Å². The number of ketones is 1. The van der Waals surface area contributed by atoms with E-state index in [1.807, 2.05) is 102 Å². The minimum absolute atomic E-state index is 0.0396. The monoisotopic (exact) mass is 1630 g/mol. The topological polar surface area (TPSA) is 353 Å². The second-order valence-corrected chi connectivity index (χ2v) is 30.5. The molecule has 10 heterocycles. The molecule has 0 saturated carbocycles. The van der Waals surface area contributed by atoms with Gasteiger partial charge in [0.2, 0.25) is 5.78 Å². The van der Waals surface area contributed by atoms with Crippen molar-refractivity contribution in [1.82, 2.24) is 64.5 Å². The van der Waals surface area contributed by atoms with E-state index in [1.54, 1.807) is 160 Å². The van der Waals surface area contributed by atoms with Crippen molar-refractivity contribution in [3.05, 3.63) is 298 Å². The zero-order valence-corrected chi connectivity index (χ0v) is 68.9. The third-order valence-electron chi connectivity index (χ3n) is 19.1. The Hall–Kier alpha value is -12.9. The molecule has 15 aromatic rings. The molecule has 2 unspecified atom stereocenters. The number of carbonyl (C=O) groups is 3. The number of carbonyl (C=O) groups excluding carboxylic acids is 3. The summed E-state index contributed by atoms with van der Waals surface area (Å²) in [6, 6.07) is 48.0. The van der Waals surface area contributed by atoms with Crippen LogP contribution in [0, 0.1) is 41.5 Å². The number of hydrogen-bond acceptors (Lipinski definition) is 21. The maximum atomic E-state index is 13.5. The zero-order valence-electron chi connectivity index (χ0n) is 67.3. The van der Waals surface area contributed by atoms with E-state index in [4.69, 9.17) is 32.8 Å². The average Bonchev–Trinajstić information content (AvgIpc) is 1.11. The molecule has 0 spiro atoms. The number of hydrogen-bond donors (Lipinski definition) is 5. The van der Waals surface area contributed by atoms with Gasteiger partial charge in [0.1, 0.15) is 39.7 Å². The molecule has 0 aliphatic heterocycles. The number of imidazole rings is 3. The Balaban J connectivity index is 0.000000152. The number of pyridine rings is 4. The van der Waals surface area contributed by atoms with E-state index in [1.165, 1.54) is 14.6 Å². The number of rotatable bonds is 16. The van der Waals surface area contributed by atoms with Gasteiger partial charge in [-0.05, 0) is 240 Å². The van der Waals surface area contributed by atoms with Crippen molar-refractivity contribution in [2.75, 3.05) is 6.61 Å². The van der Waals surface area contributed by atoms with Crippen LogP contribution in [0.2, 0.25) is 0 Å². The molecule has 0 radical (unpaired) electrons. The van der Waals surface area contributed by atoms with Gasteiger partial charge in [-0.1, -0.05) is 113 Å². The van der Waals surface area contributed by atoms with Crippen LogP contribution in [0.15, 0.2) is 204 Å². The second-order valence-electron chi connectivity index (χ2n) is 29.6. The summed E-state index contributed by atoms with van der Waals surface area (Å²) < 4.78 is 36.4. The smallest absolute Gasteiger partial charge is 0.423 e. The first kappa shape index (κ1) is 82.6. The van der Waals surface area contributed by atoms with Crippen LogP contribution in [0.25, 0.3) is 66.5 Å². The van der Waals surface area contributed by atoms with E-state index in [9.17, 15) is 34.2 Å². The van der Waals surface area contributed by atoms with Gasteiger partial charge in [0.25, 0.3) is 0 Å². The second kappa shape index (κ2) is 34.1. The molecule has 0 bridgehead atoms. The molecular weight excluding hydrogens is 1540 g/mol. The first-order chi connectivity index (χ1) is 55.3. The number of aliphatic hydroxyl groups is 2. The number of halogens is 1.